The summed E-state index contributed by atoms with van der Waals surface area (Å²) in [4.78, 5) is 57.1. The van der Waals surface area contributed by atoms with Crippen molar-refractivity contribution in [1.29, 1.82) is 0 Å². The number of fused-ring (bicyclic) bond motifs is 1. The van der Waals surface area contributed by atoms with Crippen LogP contribution in [0, 0.1) is 11.8 Å². The van der Waals surface area contributed by atoms with E-state index >= 15 is 0 Å². The Balaban J connectivity index is 1.27. The Kier molecular flexibility index (Phi) is 9.80. The average Bonchev–Trinajstić information content (AvgIpc) is 3.65. The number of likely N-dealkylation sites (tertiary alicyclic amines) is 1. The Bertz CT molecular complexity index is 1520. The fraction of sp³-hybridized carbons (Fsp3) is 0.486. The van der Waals surface area contributed by atoms with E-state index in [0.29, 0.717) is 43.7 Å². The van der Waals surface area contributed by atoms with E-state index in [1.165, 1.54) is 0 Å². The number of carbonyl (C=O) groups is 4. The molecule has 3 aromatic rings. The largest absolute Gasteiger partial charge is 0.461 e. The normalized spacial score (nSPS) is 21.7. The summed E-state index contributed by atoms with van der Waals surface area (Å²) in [6.45, 7) is 8.57. The molecule has 2 unspecified atom stereocenters. The molecule has 1 aliphatic heterocycles. The smallest absolute Gasteiger partial charge is 0.407 e. The van der Waals surface area contributed by atoms with Gasteiger partial charge in [0.05, 0.1) is 6.61 Å². The maximum atomic E-state index is 14.0. The third-order valence-electron chi connectivity index (χ3n) is 8.69. The summed E-state index contributed by atoms with van der Waals surface area (Å²) in [5.74, 6) is -0.652. The molecule has 0 spiro atoms. The first-order valence-electron chi connectivity index (χ1n) is 16.0. The second-order valence-corrected chi connectivity index (χ2v) is 13.1. The highest BCUT2D eigenvalue weighted by Crippen LogP contribution is 2.38. The predicted molar refractivity (Wildman–Crippen MR) is 172 cm³/mol. The second kappa shape index (κ2) is 13.7. The Labute approximate surface area is 264 Å². The van der Waals surface area contributed by atoms with Gasteiger partial charge in [-0.15, -0.1) is 0 Å². The van der Waals surface area contributed by atoms with E-state index in [1.807, 2.05) is 63.2 Å². The number of hydrogen-bond donors (Lipinski definition) is 3. The fourth-order valence-corrected chi connectivity index (χ4v) is 6.55. The number of H-pyrrole nitrogens is 1. The number of esters is 1. The molecule has 45 heavy (non-hydrogen) atoms. The van der Waals surface area contributed by atoms with Crippen molar-refractivity contribution in [2.45, 2.75) is 77.4 Å². The number of rotatable bonds is 8. The number of nitrogens with one attached hydrogen (secondary N) is 3. The molecule has 10 heteroatoms. The molecular weight excluding hydrogens is 572 g/mol. The number of amides is 3. The van der Waals surface area contributed by atoms with Crippen LogP contribution in [0.5, 0.6) is 0 Å². The molecule has 2 atom stereocenters. The summed E-state index contributed by atoms with van der Waals surface area (Å²) in [5, 5.41) is 6.70. The molecule has 2 aromatic carbocycles. The Morgan fingerprint density at radius 2 is 1.69 bits per heavy atom. The number of aromatic amines is 1. The third kappa shape index (κ3) is 7.85. The van der Waals surface area contributed by atoms with Crippen LogP contribution >= 0.6 is 0 Å². The molecule has 10 nitrogen and oxygen atoms in total. The first-order valence-corrected chi connectivity index (χ1v) is 16.0. The molecule has 240 valence electrons. The molecule has 1 aliphatic carbocycles. The lowest BCUT2D eigenvalue weighted by Gasteiger charge is -2.34. The van der Waals surface area contributed by atoms with E-state index in [1.54, 1.807) is 24.0 Å². The van der Waals surface area contributed by atoms with Crippen molar-refractivity contribution in [1.82, 2.24) is 15.2 Å². The monoisotopic (exact) mass is 616 g/mol. The number of alkyl carbamates (subject to hydrolysis) is 1. The number of aromatic nitrogens is 1. The minimum absolute atomic E-state index is 0.0206. The zero-order chi connectivity index (χ0) is 32.1. The van der Waals surface area contributed by atoms with Crippen molar-refractivity contribution in [3.05, 3.63) is 65.9 Å². The number of ether oxygens (including phenoxy) is 2. The van der Waals surface area contributed by atoms with Gasteiger partial charge in [-0.1, -0.05) is 30.3 Å². The fourth-order valence-electron chi connectivity index (χ4n) is 6.55. The zero-order valence-electron chi connectivity index (χ0n) is 26.6. The van der Waals surface area contributed by atoms with Crippen LogP contribution in [0.1, 0.15) is 81.8 Å². The van der Waals surface area contributed by atoms with Crippen molar-refractivity contribution in [3.63, 3.8) is 0 Å². The van der Waals surface area contributed by atoms with Crippen LogP contribution in [-0.2, 0) is 19.1 Å². The summed E-state index contributed by atoms with van der Waals surface area (Å²) in [6.07, 6.45) is 3.35. The molecule has 2 heterocycles. The van der Waals surface area contributed by atoms with Crippen molar-refractivity contribution >= 4 is 40.5 Å². The van der Waals surface area contributed by atoms with Crippen molar-refractivity contribution in [2.24, 2.45) is 11.8 Å². The highest BCUT2D eigenvalue weighted by molar-refractivity contribution is 6.01. The predicted octanol–water partition coefficient (Wildman–Crippen LogP) is 6.00. The molecule has 3 amide bonds. The average molecular weight is 617 g/mol. The zero-order valence-corrected chi connectivity index (χ0v) is 26.6. The van der Waals surface area contributed by atoms with Crippen LogP contribution in [0.4, 0.5) is 10.5 Å². The first kappa shape index (κ1) is 32.1. The lowest BCUT2D eigenvalue weighted by molar-refractivity contribution is -0.141. The van der Waals surface area contributed by atoms with Crippen LogP contribution < -0.4 is 10.6 Å². The van der Waals surface area contributed by atoms with Crippen molar-refractivity contribution in [3.8, 4) is 0 Å². The molecule has 3 N–H and O–H groups in total. The topological polar surface area (TPSA) is 130 Å². The van der Waals surface area contributed by atoms with Gasteiger partial charge < -0.3 is 30.0 Å². The summed E-state index contributed by atoms with van der Waals surface area (Å²) in [5.41, 5.74) is 2.18. The molecule has 1 saturated heterocycles. The van der Waals surface area contributed by atoms with Crippen LogP contribution in [0.25, 0.3) is 10.9 Å². The van der Waals surface area contributed by atoms with E-state index in [-0.39, 0.29) is 36.2 Å². The van der Waals surface area contributed by atoms with Crippen LogP contribution in [0.15, 0.2) is 54.6 Å². The summed E-state index contributed by atoms with van der Waals surface area (Å²) in [6, 6.07) is 16.4. The summed E-state index contributed by atoms with van der Waals surface area (Å²) < 4.78 is 10.5. The SMILES string of the molecule is CCOC(=O)c1cc2cc(NC(=O)C3C(c4ccccc4)CCN3C(=O)C3CCC(CNC(=O)OC(C)(C)C)CC3)ccc2[nH]1. The molecule has 1 saturated carbocycles. The van der Waals surface area contributed by atoms with E-state index < -0.39 is 23.7 Å². The lowest BCUT2D eigenvalue weighted by atomic mass is 9.81. The van der Waals surface area contributed by atoms with Gasteiger partial charge in [0.1, 0.15) is 17.3 Å². The minimum Gasteiger partial charge on any atom is -0.461 e. The number of carbonyl (C=O) groups excluding carboxylic acids is 4. The molecule has 0 radical (unpaired) electrons. The maximum absolute atomic E-state index is 14.0. The van der Waals surface area contributed by atoms with Gasteiger partial charge in [-0.25, -0.2) is 9.59 Å². The molecule has 1 aromatic heterocycles. The van der Waals surface area contributed by atoms with E-state index in [9.17, 15) is 19.2 Å². The Hall–Kier alpha value is -4.34. The van der Waals surface area contributed by atoms with Gasteiger partial charge in [-0.3, -0.25) is 9.59 Å². The lowest BCUT2D eigenvalue weighted by Crippen LogP contribution is -2.48. The van der Waals surface area contributed by atoms with E-state index in [4.69, 9.17) is 9.47 Å². The van der Waals surface area contributed by atoms with E-state index in [0.717, 1.165) is 29.3 Å². The molecule has 5 rings (SSSR count). The minimum atomic E-state index is -0.650. The molecule has 0 bridgehead atoms. The Morgan fingerprint density at radius 1 is 0.956 bits per heavy atom. The first-order chi connectivity index (χ1) is 21.5. The molecule has 2 fully saturated rings. The summed E-state index contributed by atoms with van der Waals surface area (Å²) >= 11 is 0. The van der Waals surface area contributed by atoms with Gasteiger partial charge in [0, 0.05) is 41.5 Å². The van der Waals surface area contributed by atoms with Gasteiger partial charge in [0.25, 0.3) is 0 Å². The van der Waals surface area contributed by atoms with E-state index in [2.05, 4.69) is 15.6 Å². The van der Waals surface area contributed by atoms with Gasteiger partial charge in [-0.2, -0.15) is 0 Å². The van der Waals surface area contributed by atoms with Crippen molar-refractivity contribution < 1.29 is 28.7 Å². The number of nitrogens with zero attached hydrogens (tertiary/aromatic N) is 1. The van der Waals surface area contributed by atoms with Gasteiger partial charge in [-0.05, 0) is 95.5 Å². The van der Waals surface area contributed by atoms with Gasteiger partial charge in [0.15, 0.2) is 0 Å². The van der Waals surface area contributed by atoms with Crippen LogP contribution in [0.2, 0.25) is 0 Å². The number of hydrogen-bond acceptors (Lipinski definition) is 6. The number of benzene rings is 2. The highest BCUT2D eigenvalue weighted by atomic mass is 16.6. The Morgan fingerprint density at radius 3 is 2.38 bits per heavy atom. The summed E-state index contributed by atoms with van der Waals surface area (Å²) in [7, 11) is 0. The van der Waals surface area contributed by atoms with Gasteiger partial charge >= 0.3 is 12.1 Å². The van der Waals surface area contributed by atoms with Crippen LogP contribution in [0.3, 0.4) is 0 Å². The molecular formula is C35H44N4O6. The number of anilines is 1. The third-order valence-corrected chi connectivity index (χ3v) is 8.69. The second-order valence-electron chi connectivity index (χ2n) is 13.1. The van der Waals surface area contributed by atoms with Crippen molar-refractivity contribution in [2.75, 3.05) is 25.0 Å². The highest BCUT2D eigenvalue weighted by Gasteiger charge is 2.44. The van der Waals surface area contributed by atoms with Gasteiger partial charge in [0.2, 0.25) is 11.8 Å². The maximum Gasteiger partial charge on any atom is 0.407 e. The standard InChI is InChI=1S/C35H44N4O6/c1-5-44-33(42)29-20-25-19-26(15-16-28(25)38-29)37-31(40)30-27(23-9-7-6-8-10-23)17-18-39(30)32(41)24-13-11-22(12-14-24)21-36-34(43)45-35(2,3)4/h6-10,15-16,19-20,22,24,27,30,38H,5,11-14,17-18,21H2,1-4H3,(H,36,43)(H,37,40). The molecule has 2 aliphatic rings. The quantitative estimate of drug-likeness (QED) is 0.266. The van der Waals surface area contributed by atoms with Crippen LogP contribution in [-0.4, -0.2) is 65.1 Å².